The molecule has 0 saturated carbocycles. The van der Waals surface area contributed by atoms with E-state index in [0.717, 1.165) is 12.8 Å². The van der Waals surface area contributed by atoms with Crippen LogP contribution in [-0.2, 0) is 6.42 Å². The molecule has 0 spiro atoms. The van der Waals surface area contributed by atoms with E-state index in [9.17, 15) is 5.11 Å². The minimum atomic E-state index is -1.36. The average molecular weight is 208 g/mol. The quantitative estimate of drug-likeness (QED) is 0.754. The number of aryl methyl sites for hydroxylation is 1. The maximum atomic E-state index is 9.91. The van der Waals surface area contributed by atoms with E-state index in [1.54, 1.807) is 0 Å². The van der Waals surface area contributed by atoms with E-state index in [1.807, 2.05) is 6.07 Å². The van der Waals surface area contributed by atoms with Crippen molar-refractivity contribution < 1.29 is 5.11 Å². The first kappa shape index (κ1) is 11.5. The van der Waals surface area contributed by atoms with Gasteiger partial charge in [0.2, 0.25) is 0 Å². The molecular weight excluding hydrogens is 188 g/mol. The van der Waals surface area contributed by atoms with Crippen LogP contribution in [0.15, 0.2) is 30.3 Å². The summed E-state index contributed by atoms with van der Waals surface area (Å²) in [7, 11) is -1.36. The predicted molar refractivity (Wildman–Crippen MR) is 64.1 cm³/mol. The van der Waals surface area contributed by atoms with Gasteiger partial charge in [-0.2, -0.15) is 0 Å². The molecule has 1 aromatic rings. The van der Waals surface area contributed by atoms with Gasteiger partial charge in [0, 0.05) is 5.73 Å². The summed E-state index contributed by atoms with van der Waals surface area (Å²) in [5, 5.41) is 9.91. The Morgan fingerprint density at radius 3 is 2.21 bits per heavy atom. The van der Waals surface area contributed by atoms with Crippen LogP contribution in [0.3, 0.4) is 0 Å². The van der Waals surface area contributed by atoms with Gasteiger partial charge >= 0.3 is 0 Å². The zero-order chi connectivity index (χ0) is 10.6. The molecule has 0 bridgehead atoms. The fourth-order valence-corrected chi connectivity index (χ4v) is 2.39. The average Bonchev–Trinajstić information content (AvgIpc) is 2.14. The summed E-state index contributed by atoms with van der Waals surface area (Å²) in [6.07, 6.45) is 1.89. The SMILES string of the molecule is C[Si](C)(C)[C@@H](O)CCc1ccccc1. The van der Waals surface area contributed by atoms with E-state index in [0.29, 0.717) is 0 Å². The third-order valence-electron chi connectivity index (χ3n) is 2.55. The molecule has 0 fully saturated rings. The zero-order valence-electron chi connectivity index (χ0n) is 9.33. The van der Waals surface area contributed by atoms with Gasteiger partial charge in [0.05, 0.1) is 8.07 Å². The molecule has 0 aliphatic carbocycles. The molecule has 1 aromatic carbocycles. The fourth-order valence-electron chi connectivity index (χ4n) is 1.38. The number of benzene rings is 1. The van der Waals surface area contributed by atoms with Gasteiger partial charge in [-0.05, 0) is 18.4 Å². The van der Waals surface area contributed by atoms with Gasteiger partial charge in [-0.15, -0.1) is 0 Å². The monoisotopic (exact) mass is 208 g/mol. The lowest BCUT2D eigenvalue weighted by atomic mass is 10.1. The summed E-state index contributed by atoms with van der Waals surface area (Å²) in [5.74, 6) is 0. The molecule has 0 unspecified atom stereocenters. The molecule has 0 amide bonds. The van der Waals surface area contributed by atoms with E-state index in [1.165, 1.54) is 5.56 Å². The lowest BCUT2D eigenvalue weighted by molar-refractivity contribution is 0.233. The van der Waals surface area contributed by atoms with Gasteiger partial charge in [-0.1, -0.05) is 50.0 Å². The minimum Gasteiger partial charge on any atom is -0.397 e. The fraction of sp³-hybridized carbons (Fsp3) is 0.500. The highest BCUT2D eigenvalue weighted by Crippen LogP contribution is 2.13. The van der Waals surface area contributed by atoms with Crippen molar-refractivity contribution in [3.05, 3.63) is 35.9 Å². The molecule has 2 heteroatoms. The molecule has 0 aliphatic rings. The van der Waals surface area contributed by atoms with Crippen LogP contribution in [0.2, 0.25) is 19.6 Å². The van der Waals surface area contributed by atoms with Crippen molar-refractivity contribution in [2.45, 2.75) is 38.2 Å². The molecule has 0 aliphatic heterocycles. The molecule has 1 atom stereocenters. The van der Waals surface area contributed by atoms with Crippen LogP contribution in [0, 0.1) is 0 Å². The van der Waals surface area contributed by atoms with Gasteiger partial charge in [-0.25, -0.2) is 0 Å². The van der Waals surface area contributed by atoms with Crippen molar-refractivity contribution in [2.75, 3.05) is 0 Å². The van der Waals surface area contributed by atoms with Crippen molar-refractivity contribution in [2.24, 2.45) is 0 Å². The summed E-state index contributed by atoms with van der Waals surface area (Å²) < 4.78 is 0. The summed E-state index contributed by atoms with van der Waals surface area (Å²) in [5.41, 5.74) is 1.24. The van der Waals surface area contributed by atoms with Crippen LogP contribution in [0.1, 0.15) is 12.0 Å². The summed E-state index contributed by atoms with van der Waals surface area (Å²) in [4.78, 5) is 0. The van der Waals surface area contributed by atoms with Crippen molar-refractivity contribution in [3.8, 4) is 0 Å². The van der Waals surface area contributed by atoms with Crippen LogP contribution < -0.4 is 0 Å². The van der Waals surface area contributed by atoms with Gasteiger partial charge < -0.3 is 5.11 Å². The Kier molecular flexibility index (Phi) is 3.90. The standard InChI is InChI=1S/C12H20OSi/c1-14(2,3)12(13)10-9-11-7-5-4-6-8-11/h4-8,12-13H,9-10H2,1-3H3/t12-/m1/s1. The first-order valence-electron chi connectivity index (χ1n) is 5.22. The Morgan fingerprint density at radius 1 is 1.14 bits per heavy atom. The number of aliphatic hydroxyl groups excluding tert-OH is 1. The second-order valence-corrected chi connectivity index (χ2v) is 10.3. The Bertz CT molecular complexity index is 263. The van der Waals surface area contributed by atoms with Crippen molar-refractivity contribution in [1.82, 2.24) is 0 Å². The van der Waals surface area contributed by atoms with Crippen molar-refractivity contribution in [3.63, 3.8) is 0 Å². The third kappa shape index (κ3) is 3.64. The lowest BCUT2D eigenvalue weighted by Gasteiger charge is -2.23. The van der Waals surface area contributed by atoms with Gasteiger partial charge in [-0.3, -0.25) is 0 Å². The van der Waals surface area contributed by atoms with Crippen LogP contribution in [0.4, 0.5) is 0 Å². The zero-order valence-corrected chi connectivity index (χ0v) is 10.3. The molecular formula is C12H20OSi. The van der Waals surface area contributed by atoms with E-state index in [2.05, 4.69) is 43.9 Å². The lowest BCUT2D eigenvalue weighted by Crippen LogP contribution is -2.38. The Hall–Kier alpha value is -0.603. The van der Waals surface area contributed by atoms with E-state index < -0.39 is 8.07 Å². The largest absolute Gasteiger partial charge is 0.397 e. The molecule has 1 rings (SSSR count). The second-order valence-electron chi connectivity index (χ2n) is 4.91. The topological polar surface area (TPSA) is 20.2 Å². The molecule has 14 heavy (non-hydrogen) atoms. The van der Waals surface area contributed by atoms with E-state index in [-0.39, 0.29) is 5.73 Å². The Morgan fingerprint density at radius 2 is 1.71 bits per heavy atom. The number of hydrogen-bond acceptors (Lipinski definition) is 1. The molecule has 0 aromatic heterocycles. The summed E-state index contributed by atoms with van der Waals surface area (Å²) >= 11 is 0. The third-order valence-corrected chi connectivity index (χ3v) is 4.84. The van der Waals surface area contributed by atoms with E-state index in [4.69, 9.17) is 0 Å². The predicted octanol–water partition coefficient (Wildman–Crippen LogP) is 2.86. The number of rotatable bonds is 4. The summed E-state index contributed by atoms with van der Waals surface area (Å²) in [6.45, 7) is 6.63. The van der Waals surface area contributed by atoms with Crippen LogP contribution in [0.5, 0.6) is 0 Å². The molecule has 1 N–H and O–H groups in total. The highest BCUT2D eigenvalue weighted by Gasteiger charge is 2.23. The maximum absolute atomic E-state index is 9.91. The normalized spacial score (nSPS) is 14.0. The van der Waals surface area contributed by atoms with E-state index >= 15 is 0 Å². The Labute approximate surface area is 87.8 Å². The minimum absolute atomic E-state index is 0.0808. The maximum Gasteiger partial charge on any atom is 0.0781 e. The van der Waals surface area contributed by atoms with Crippen LogP contribution in [0.25, 0.3) is 0 Å². The second kappa shape index (κ2) is 4.76. The molecule has 0 heterocycles. The van der Waals surface area contributed by atoms with Crippen LogP contribution >= 0.6 is 0 Å². The van der Waals surface area contributed by atoms with Crippen LogP contribution in [-0.4, -0.2) is 18.9 Å². The van der Waals surface area contributed by atoms with Crippen molar-refractivity contribution in [1.29, 1.82) is 0 Å². The van der Waals surface area contributed by atoms with Crippen molar-refractivity contribution >= 4 is 8.07 Å². The smallest absolute Gasteiger partial charge is 0.0781 e. The number of aliphatic hydroxyl groups is 1. The Balaban J connectivity index is 2.42. The van der Waals surface area contributed by atoms with Gasteiger partial charge in [0.15, 0.2) is 0 Å². The molecule has 78 valence electrons. The summed E-state index contributed by atoms with van der Waals surface area (Å²) in [6, 6.07) is 10.4. The highest BCUT2D eigenvalue weighted by atomic mass is 28.3. The molecule has 0 saturated heterocycles. The molecule has 1 nitrogen and oxygen atoms in total. The molecule has 0 radical (unpaired) electrons. The van der Waals surface area contributed by atoms with Gasteiger partial charge in [0.1, 0.15) is 0 Å². The first-order chi connectivity index (χ1) is 6.50. The highest BCUT2D eigenvalue weighted by molar-refractivity contribution is 6.77. The number of hydrogen-bond donors (Lipinski definition) is 1. The van der Waals surface area contributed by atoms with Gasteiger partial charge in [0.25, 0.3) is 0 Å². The first-order valence-corrected chi connectivity index (χ1v) is 8.80.